The van der Waals surface area contributed by atoms with E-state index in [-0.39, 0.29) is 25.5 Å². The van der Waals surface area contributed by atoms with E-state index in [1.807, 2.05) is 30.3 Å². The Morgan fingerprint density at radius 2 is 1.70 bits per heavy atom. The number of hydrogen-bond donors (Lipinski definition) is 0. The van der Waals surface area contributed by atoms with Gasteiger partial charge in [-0.3, -0.25) is 4.79 Å². The van der Waals surface area contributed by atoms with E-state index in [9.17, 15) is 22.8 Å². The third-order valence-corrected chi connectivity index (χ3v) is 7.02. The molecule has 4 aromatic rings. The molecule has 1 fully saturated rings. The number of alkyl halides is 3. The number of halogens is 3. The quantitative estimate of drug-likeness (QED) is 0.192. The van der Waals surface area contributed by atoms with E-state index in [0.717, 1.165) is 23.3 Å². The van der Waals surface area contributed by atoms with Gasteiger partial charge in [-0.15, -0.1) is 0 Å². The number of benzene rings is 3. The predicted molar refractivity (Wildman–Crippen MR) is 149 cm³/mol. The molecule has 0 saturated carbocycles. The van der Waals surface area contributed by atoms with Crippen LogP contribution in [-0.2, 0) is 22.1 Å². The molecule has 11 heteroatoms. The van der Waals surface area contributed by atoms with Gasteiger partial charge in [-0.1, -0.05) is 47.6 Å². The van der Waals surface area contributed by atoms with Crippen LogP contribution >= 0.6 is 0 Å². The fourth-order valence-electron chi connectivity index (χ4n) is 4.87. The second-order valence-electron chi connectivity index (χ2n) is 10.2. The van der Waals surface area contributed by atoms with E-state index < -0.39 is 35.9 Å². The van der Waals surface area contributed by atoms with Gasteiger partial charge in [0, 0.05) is 18.4 Å². The number of hydrogen-bond acceptors (Lipinski definition) is 7. The van der Waals surface area contributed by atoms with Gasteiger partial charge in [-0.2, -0.15) is 13.2 Å². The van der Waals surface area contributed by atoms with E-state index in [1.165, 1.54) is 23.3 Å². The van der Waals surface area contributed by atoms with Crippen LogP contribution in [0.3, 0.4) is 0 Å². The molecule has 3 atom stereocenters. The first-order valence-corrected chi connectivity index (χ1v) is 13.7. The summed E-state index contributed by atoms with van der Waals surface area (Å²) in [4.78, 5) is 27.2. The molecule has 1 aliphatic rings. The molecule has 0 bridgehead atoms. The van der Waals surface area contributed by atoms with E-state index >= 15 is 0 Å². The van der Waals surface area contributed by atoms with Crippen LogP contribution in [0, 0.1) is 0 Å². The Bertz CT molecular complexity index is 1490. The van der Waals surface area contributed by atoms with Gasteiger partial charge in [0.05, 0.1) is 17.3 Å². The highest BCUT2D eigenvalue weighted by Crippen LogP contribution is 2.32. The minimum atomic E-state index is -4.41. The molecule has 8 nitrogen and oxygen atoms in total. The molecule has 0 spiro atoms. The topological polar surface area (TPSA) is 91.1 Å². The molecule has 43 heavy (non-hydrogen) atoms. The van der Waals surface area contributed by atoms with Gasteiger partial charge < -0.3 is 18.7 Å². The molecule has 3 unspecified atom stereocenters. The van der Waals surface area contributed by atoms with Crippen LogP contribution in [0.4, 0.5) is 18.0 Å². The number of amides is 2. The summed E-state index contributed by atoms with van der Waals surface area (Å²) >= 11 is 0. The molecule has 224 valence electrons. The lowest BCUT2D eigenvalue weighted by molar-refractivity contribution is -0.137. The van der Waals surface area contributed by atoms with Crippen molar-refractivity contribution in [2.75, 3.05) is 13.2 Å². The smallest absolute Gasteiger partial charge is 0.416 e. The van der Waals surface area contributed by atoms with Crippen molar-refractivity contribution in [3.05, 3.63) is 114 Å². The van der Waals surface area contributed by atoms with Gasteiger partial charge in [0.1, 0.15) is 37.1 Å². The number of cyclic esters (lactones) is 1. The summed E-state index contributed by atoms with van der Waals surface area (Å²) in [6.45, 7) is 2.01. The van der Waals surface area contributed by atoms with Crippen molar-refractivity contribution in [3.63, 3.8) is 0 Å². The Morgan fingerprint density at radius 3 is 2.35 bits per heavy atom. The zero-order chi connectivity index (χ0) is 30.4. The lowest BCUT2D eigenvalue weighted by atomic mass is 9.91. The molecule has 1 aliphatic heterocycles. The zero-order valence-corrected chi connectivity index (χ0v) is 23.2. The number of rotatable bonds is 11. The van der Waals surface area contributed by atoms with Gasteiger partial charge in [-0.25, -0.2) is 9.69 Å². The van der Waals surface area contributed by atoms with Gasteiger partial charge in [0.25, 0.3) is 0 Å². The maximum Gasteiger partial charge on any atom is 0.416 e. The molecular weight excluding hydrogens is 565 g/mol. The lowest BCUT2D eigenvalue weighted by Crippen LogP contribution is -2.40. The van der Waals surface area contributed by atoms with E-state index in [2.05, 4.69) is 5.16 Å². The van der Waals surface area contributed by atoms with Crippen LogP contribution in [-0.4, -0.2) is 47.4 Å². The average Bonchev–Trinajstić information content (AvgIpc) is 3.66. The fraction of sp³-hybridized carbons (Fsp3) is 0.281. The summed E-state index contributed by atoms with van der Waals surface area (Å²) in [6, 6.07) is 22.4. The molecule has 0 aliphatic carbocycles. The Kier molecular flexibility index (Phi) is 8.98. The molecule has 5 rings (SSSR count). The number of carbonyl (C=O) groups excluding carboxylic acids is 2. The van der Waals surface area contributed by atoms with Crippen molar-refractivity contribution in [2.24, 2.45) is 0 Å². The number of carbonyl (C=O) groups is 2. The highest BCUT2D eigenvalue weighted by molar-refractivity contribution is 5.94. The molecule has 0 N–H and O–H groups in total. The molecule has 1 saturated heterocycles. The van der Waals surface area contributed by atoms with Crippen LogP contribution in [0.25, 0.3) is 0 Å². The summed E-state index contributed by atoms with van der Waals surface area (Å²) in [5, 5.41) is 4.05. The second-order valence-corrected chi connectivity index (χ2v) is 10.2. The molecular formula is C32H29F3N2O6. The monoisotopic (exact) mass is 594 g/mol. The predicted octanol–water partition coefficient (Wildman–Crippen LogP) is 6.65. The summed E-state index contributed by atoms with van der Waals surface area (Å²) in [7, 11) is 0. The minimum absolute atomic E-state index is 0.0366. The zero-order valence-electron chi connectivity index (χ0n) is 23.2. The van der Waals surface area contributed by atoms with Gasteiger partial charge in [0.2, 0.25) is 5.91 Å². The second kappa shape index (κ2) is 13.0. The van der Waals surface area contributed by atoms with Crippen molar-refractivity contribution in [1.29, 1.82) is 0 Å². The maximum absolute atomic E-state index is 13.5. The number of nitrogens with zero attached hydrogens (tertiary/aromatic N) is 2. The van der Waals surface area contributed by atoms with Crippen LogP contribution < -0.4 is 9.47 Å². The number of imide groups is 1. The normalized spacial score (nSPS) is 16.4. The van der Waals surface area contributed by atoms with Gasteiger partial charge >= 0.3 is 12.3 Å². The minimum Gasteiger partial charge on any atom is -0.490 e. The molecule has 0 radical (unpaired) electrons. The fourth-order valence-corrected chi connectivity index (χ4v) is 4.87. The van der Waals surface area contributed by atoms with Crippen molar-refractivity contribution in [2.45, 2.75) is 44.0 Å². The highest BCUT2D eigenvalue weighted by Gasteiger charge is 2.39. The van der Waals surface area contributed by atoms with Crippen molar-refractivity contribution in [1.82, 2.24) is 10.1 Å². The SMILES string of the molecule is CC(COc1ccc(C(CC(=O)N2C(=O)OCC2Cc2ccccc2)c2ccon2)cc1)Oc1ccc(C(F)(F)F)cc1. The van der Waals surface area contributed by atoms with Gasteiger partial charge in [0.15, 0.2) is 0 Å². The third-order valence-electron chi connectivity index (χ3n) is 7.02. The largest absolute Gasteiger partial charge is 0.490 e. The number of aromatic nitrogens is 1. The van der Waals surface area contributed by atoms with Crippen LogP contribution in [0.15, 0.2) is 95.7 Å². The van der Waals surface area contributed by atoms with E-state index in [4.69, 9.17) is 18.7 Å². The first-order valence-electron chi connectivity index (χ1n) is 13.7. The van der Waals surface area contributed by atoms with Crippen molar-refractivity contribution in [3.8, 4) is 11.5 Å². The molecule has 3 aromatic carbocycles. The van der Waals surface area contributed by atoms with Crippen LogP contribution in [0.1, 0.15) is 41.6 Å². The lowest BCUT2D eigenvalue weighted by Gasteiger charge is -2.22. The third kappa shape index (κ3) is 7.54. The summed E-state index contributed by atoms with van der Waals surface area (Å²) in [5.41, 5.74) is 1.54. The Morgan fingerprint density at radius 1 is 1.00 bits per heavy atom. The average molecular weight is 595 g/mol. The van der Waals surface area contributed by atoms with Crippen molar-refractivity contribution < 1.29 is 41.5 Å². The first kappa shape index (κ1) is 29.7. The van der Waals surface area contributed by atoms with Crippen molar-refractivity contribution >= 4 is 12.0 Å². The Hall–Kier alpha value is -4.80. The van der Waals surface area contributed by atoms with Crippen LogP contribution in [0.2, 0.25) is 0 Å². The summed E-state index contributed by atoms with van der Waals surface area (Å²) in [6.07, 6.45) is -3.65. The molecule has 1 aromatic heterocycles. The van der Waals surface area contributed by atoms with Crippen LogP contribution in [0.5, 0.6) is 11.5 Å². The van der Waals surface area contributed by atoms with E-state index in [1.54, 1.807) is 37.3 Å². The number of ether oxygens (including phenoxy) is 3. The van der Waals surface area contributed by atoms with E-state index in [0.29, 0.717) is 23.6 Å². The Balaban J connectivity index is 1.21. The highest BCUT2D eigenvalue weighted by atomic mass is 19.4. The molecule has 2 heterocycles. The molecule has 2 amide bonds. The Labute approximate surface area is 245 Å². The standard InChI is InChI=1S/C32H29F3N2O6/c1-21(43-27-13-9-24(10-14-27)32(33,34)35)19-40-26-11-7-23(8-12-26)28(29-15-16-42-36-29)18-30(38)37-25(20-41-31(37)39)17-22-5-3-2-4-6-22/h2-16,21,25,28H,17-20H2,1H3. The van der Waals surface area contributed by atoms with Gasteiger partial charge in [-0.05, 0) is 60.9 Å². The summed E-state index contributed by atoms with van der Waals surface area (Å²) in [5.74, 6) is -0.0469. The first-order chi connectivity index (χ1) is 20.7. The summed E-state index contributed by atoms with van der Waals surface area (Å²) < 4.78 is 60.1. The maximum atomic E-state index is 13.5.